The Labute approximate surface area is 113 Å². The van der Waals surface area contributed by atoms with E-state index in [1.54, 1.807) is 19.1 Å². The van der Waals surface area contributed by atoms with Gasteiger partial charge < -0.3 is 10.5 Å². The molecule has 0 unspecified atom stereocenters. The number of rotatable bonds is 3. The van der Waals surface area contributed by atoms with Gasteiger partial charge in [0, 0.05) is 0 Å². The summed E-state index contributed by atoms with van der Waals surface area (Å²) in [6.45, 7) is 7.90. The largest absolute Gasteiger partial charge is 0.481 e. The number of ether oxygens (including phenoxy) is 1. The van der Waals surface area contributed by atoms with Gasteiger partial charge in [-0.2, -0.15) is 0 Å². The summed E-state index contributed by atoms with van der Waals surface area (Å²) in [6.07, 6.45) is -0.784. The lowest BCUT2D eigenvalue weighted by molar-refractivity contribution is -0.126. The van der Waals surface area contributed by atoms with Crippen LogP contribution in [0.25, 0.3) is 0 Å². The second-order valence-corrected chi connectivity index (χ2v) is 5.39. The molecule has 3 N–H and O–H groups in total. The lowest BCUT2D eigenvalue weighted by Crippen LogP contribution is -2.42. The molecular formula is C14H20N2O3. The van der Waals surface area contributed by atoms with Crippen LogP contribution in [0, 0.1) is 0 Å². The number of nitrogens with two attached hydrogens (primary N) is 1. The molecule has 0 heterocycles. The van der Waals surface area contributed by atoms with Crippen LogP contribution in [0.5, 0.6) is 5.75 Å². The van der Waals surface area contributed by atoms with Crippen LogP contribution in [-0.2, 0) is 10.2 Å². The Kier molecular flexibility index (Phi) is 4.53. The summed E-state index contributed by atoms with van der Waals surface area (Å²) >= 11 is 0. The zero-order valence-corrected chi connectivity index (χ0v) is 11.7. The summed E-state index contributed by atoms with van der Waals surface area (Å²) in [5, 5.41) is 1.97. The van der Waals surface area contributed by atoms with Crippen LogP contribution < -0.4 is 15.8 Å². The third kappa shape index (κ3) is 4.62. The van der Waals surface area contributed by atoms with Crippen LogP contribution in [0.3, 0.4) is 0 Å². The molecule has 0 aliphatic heterocycles. The SMILES string of the molecule is C[C@H](Oc1ccc(C(C)(C)C)cc1)C(=O)NC(N)=O. The van der Waals surface area contributed by atoms with Crippen molar-refractivity contribution in [2.45, 2.75) is 39.2 Å². The zero-order valence-electron chi connectivity index (χ0n) is 11.7. The molecule has 0 aliphatic rings. The number of hydrogen-bond acceptors (Lipinski definition) is 3. The minimum atomic E-state index is -0.886. The van der Waals surface area contributed by atoms with Crippen molar-refractivity contribution in [2.75, 3.05) is 0 Å². The van der Waals surface area contributed by atoms with Gasteiger partial charge in [-0.25, -0.2) is 4.79 Å². The van der Waals surface area contributed by atoms with Gasteiger partial charge in [0.2, 0.25) is 0 Å². The van der Waals surface area contributed by atoms with Gasteiger partial charge in [-0.15, -0.1) is 0 Å². The first-order valence-corrected chi connectivity index (χ1v) is 6.07. The topological polar surface area (TPSA) is 81.4 Å². The summed E-state index contributed by atoms with van der Waals surface area (Å²) in [6, 6.07) is 6.62. The number of carbonyl (C=O) groups excluding carboxylic acids is 2. The summed E-state index contributed by atoms with van der Waals surface area (Å²) in [4.78, 5) is 22.0. The first kappa shape index (κ1) is 15.0. The lowest BCUT2D eigenvalue weighted by atomic mass is 9.87. The molecule has 3 amide bonds. The van der Waals surface area contributed by atoms with Gasteiger partial charge in [-0.05, 0) is 30.0 Å². The molecule has 0 saturated heterocycles. The number of imide groups is 1. The van der Waals surface area contributed by atoms with Gasteiger partial charge in [-0.3, -0.25) is 10.1 Å². The van der Waals surface area contributed by atoms with Crippen LogP contribution in [0.1, 0.15) is 33.3 Å². The van der Waals surface area contributed by atoms with Crippen LogP contribution in [0.15, 0.2) is 24.3 Å². The van der Waals surface area contributed by atoms with Gasteiger partial charge >= 0.3 is 6.03 Å². The van der Waals surface area contributed by atoms with Gasteiger partial charge in [0.15, 0.2) is 6.10 Å². The second-order valence-electron chi connectivity index (χ2n) is 5.39. The van der Waals surface area contributed by atoms with E-state index in [2.05, 4.69) is 20.8 Å². The van der Waals surface area contributed by atoms with Crippen molar-refractivity contribution >= 4 is 11.9 Å². The Bertz CT molecular complexity index is 461. The van der Waals surface area contributed by atoms with Crippen molar-refractivity contribution in [1.82, 2.24) is 5.32 Å². The Hall–Kier alpha value is -2.04. The monoisotopic (exact) mass is 264 g/mol. The fourth-order valence-corrected chi connectivity index (χ4v) is 1.51. The number of nitrogens with one attached hydrogen (secondary N) is 1. The molecule has 1 rings (SSSR count). The van der Waals surface area contributed by atoms with Crippen molar-refractivity contribution in [3.05, 3.63) is 29.8 Å². The van der Waals surface area contributed by atoms with Crippen LogP contribution in [0.4, 0.5) is 4.79 Å². The highest BCUT2D eigenvalue weighted by molar-refractivity contribution is 5.95. The number of urea groups is 1. The standard InChI is InChI=1S/C14H20N2O3/c1-9(12(17)16-13(15)18)19-11-7-5-10(6-8-11)14(2,3)4/h5-9H,1-4H3,(H3,15,16,17,18)/t9-/m0/s1. The van der Waals surface area contributed by atoms with Crippen LogP contribution >= 0.6 is 0 Å². The average Bonchev–Trinajstić information content (AvgIpc) is 2.27. The van der Waals surface area contributed by atoms with Gasteiger partial charge in [0.1, 0.15) is 5.75 Å². The fourth-order valence-electron chi connectivity index (χ4n) is 1.51. The predicted octanol–water partition coefficient (Wildman–Crippen LogP) is 1.95. The number of hydrogen-bond donors (Lipinski definition) is 2. The predicted molar refractivity (Wildman–Crippen MR) is 73.0 cm³/mol. The minimum Gasteiger partial charge on any atom is -0.481 e. The molecule has 0 radical (unpaired) electrons. The summed E-state index contributed by atoms with van der Waals surface area (Å²) in [7, 11) is 0. The first-order valence-electron chi connectivity index (χ1n) is 6.07. The summed E-state index contributed by atoms with van der Waals surface area (Å²) in [5.41, 5.74) is 6.10. The number of primary amides is 1. The maximum absolute atomic E-state index is 11.4. The van der Waals surface area contributed by atoms with Crippen molar-refractivity contribution < 1.29 is 14.3 Å². The van der Waals surface area contributed by atoms with Gasteiger partial charge in [-0.1, -0.05) is 32.9 Å². The third-order valence-corrected chi connectivity index (χ3v) is 2.65. The van der Waals surface area contributed by atoms with Gasteiger partial charge in [0.25, 0.3) is 5.91 Å². The van der Waals surface area contributed by atoms with E-state index in [9.17, 15) is 9.59 Å². The maximum atomic E-state index is 11.4. The Balaban J connectivity index is 2.68. The Morgan fingerprint density at radius 3 is 2.16 bits per heavy atom. The number of benzene rings is 1. The highest BCUT2D eigenvalue weighted by atomic mass is 16.5. The van der Waals surface area contributed by atoms with Gasteiger partial charge in [0.05, 0.1) is 0 Å². The van der Waals surface area contributed by atoms with E-state index in [0.29, 0.717) is 5.75 Å². The van der Waals surface area contributed by atoms with E-state index in [4.69, 9.17) is 10.5 Å². The van der Waals surface area contributed by atoms with E-state index >= 15 is 0 Å². The molecule has 0 bridgehead atoms. The van der Waals surface area contributed by atoms with E-state index in [1.807, 2.05) is 17.4 Å². The minimum absolute atomic E-state index is 0.0630. The van der Waals surface area contributed by atoms with Crippen LogP contribution in [0.2, 0.25) is 0 Å². The smallest absolute Gasteiger partial charge is 0.318 e. The molecule has 5 nitrogen and oxygen atoms in total. The molecule has 0 aliphatic carbocycles. The summed E-state index contributed by atoms with van der Waals surface area (Å²) < 4.78 is 5.42. The average molecular weight is 264 g/mol. The molecule has 1 aromatic carbocycles. The second kappa shape index (κ2) is 5.73. The molecule has 1 atom stereocenters. The molecule has 104 valence electrons. The fraction of sp³-hybridized carbons (Fsp3) is 0.429. The lowest BCUT2D eigenvalue weighted by Gasteiger charge is -2.20. The van der Waals surface area contributed by atoms with Crippen LogP contribution in [-0.4, -0.2) is 18.0 Å². The molecule has 19 heavy (non-hydrogen) atoms. The maximum Gasteiger partial charge on any atom is 0.318 e. The van der Waals surface area contributed by atoms with Crippen molar-refractivity contribution in [3.63, 3.8) is 0 Å². The van der Waals surface area contributed by atoms with E-state index < -0.39 is 18.0 Å². The highest BCUT2D eigenvalue weighted by Gasteiger charge is 2.17. The third-order valence-electron chi connectivity index (χ3n) is 2.65. The Morgan fingerprint density at radius 1 is 1.21 bits per heavy atom. The van der Waals surface area contributed by atoms with Crippen molar-refractivity contribution in [3.8, 4) is 5.75 Å². The van der Waals surface area contributed by atoms with E-state index in [-0.39, 0.29) is 5.41 Å². The first-order chi connectivity index (χ1) is 8.70. The van der Waals surface area contributed by atoms with Crippen molar-refractivity contribution in [1.29, 1.82) is 0 Å². The van der Waals surface area contributed by atoms with E-state index in [0.717, 1.165) is 0 Å². The highest BCUT2D eigenvalue weighted by Crippen LogP contribution is 2.24. The molecule has 0 fully saturated rings. The number of carbonyl (C=O) groups is 2. The molecule has 1 aromatic rings. The number of amides is 3. The molecule has 0 saturated carbocycles. The molecule has 0 spiro atoms. The zero-order chi connectivity index (χ0) is 14.6. The normalized spacial score (nSPS) is 12.6. The van der Waals surface area contributed by atoms with E-state index in [1.165, 1.54) is 5.56 Å². The Morgan fingerprint density at radius 2 is 1.74 bits per heavy atom. The molecular weight excluding hydrogens is 244 g/mol. The quantitative estimate of drug-likeness (QED) is 0.875. The molecule has 5 heteroatoms. The van der Waals surface area contributed by atoms with Crippen molar-refractivity contribution in [2.24, 2.45) is 5.73 Å². The molecule has 0 aromatic heterocycles. The summed E-state index contributed by atoms with van der Waals surface area (Å²) in [5.74, 6) is 0.00696.